The predicted molar refractivity (Wildman–Crippen MR) is 78.0 cm³/mol. The van der Waals surface area contributed by atoms with Crippen LogP contribution in [0, 0.1) is 5.21 Å². The second kappa shape index (κ2) is 6.97. The van der Waals surface area contributed by atoms with E-state index in [1.54, 1.807) is 25.3 Å². The molecule has 114 valence electrons. The summed E-state index contributed by atoms with van der Waals surface area (Å²) in [5, 5.41) is 14.8. The quantitative estimate of drug-likeness (QED) is 0.624. The van der Waals surface area contributed by atoms with Crippen LogP contribution in [0.4, 0.5) is 0 Å². The minimum Gasteiger partial charge on any atom is -0.616 e. The molecular weight excluding hydrogens is 272 g/mol. The lowest BCUT2D eigenvalue weighted by molar-refractivity contribution is -0.592. The highest BCUT2D eigenvalue weighted by Gasteiger charge is 2.18. The van der Waals surface area contributed by atoms with Crippen molar-refractivity contribution in [3.05, 3.63) is 29.3 Å². The van der Waals surface area contributed by atoms with Gasteiger partial charge in [-0.05, 0) is 12.5 Å². The Bertz CT molecular complexity index is 621. The molecule has 0 fully saturated rings. The predicted octanol–water partition coefficient (Wildman–Crippen LogP) is 1.92. The van der Waals surface area contributed by atoms with Gasteiger partial charge in [-0.25, -0.2) is 0 Å². The number of hydrogen-bond acceptors (Lipinski definition) is 4. The van der Waals surface area contributed by atoms with E-state index in [1.807, 2.05) is 6.92 Å². The van der Waals surface area contributed by atoms with Crippen LogP contribution >= 0.6 is 0 Å². The average molecular weight is 292 g/mol. The molecule has 1 aromatic heterocycles. The van der Waals surface area contributed by atoms with E-state index in [-0.39, 0.29) is 11.8 Å². The van der Waals surface area contributed by atoms with E-state index < -0.39 is 0 Å². The summed E-state index contributed by atoms with van der Waals surface area (Å²) >= 11 is 0. The van der Waals surface area contributed by atoms with Gasteiger partial charge in [0.25, 0.3) is 5.52 Å². The lowest BCUT2D eigenvalue weighted by atomic mass is 10.2. The molecule has 2 rings (SSSR count). The Balaban J connectivity index is 1.99. The summed E-state index contributed by atoms with van der Waals surface area (Å²) in [6, 6.07) is 5.05. The molecular formula is C15H20N2O4. The molecule has 0 aliphatic heterocycles. The number of ether oxygens (including phenoxy) is 1. The first kappa shape index (κ1) is 15.2. The number of benzene rings is 1. The van der Waals surface area contributed by atoms with Crippen molar-refractivity contribution in [1.29, 1.82) is 0 Å². The molecule has 1 heterocycles. The minimum absolute atomic E-state index is 0.00655. The van der Waals surface area contributed by atoms with Crippen molar-refractivity contribution >= 4 is 17.0 Å². The lowest BCUT2D eigenvalue weighted by Crippen LogP contribution is -2.33. The van der Waals surface area contributed by atoms with E-state index in [2.05, 4.69) is 5.32 Å². The Morgan fingerprint density at radius 3 is 3.00 bits per heavy atom. The summed E-state index contributed by atoms with van der Waals surface area (Å²) < 4.78 is 11.4. The van der Waals surface area contributed by atoms with Gasteiger partial charge in [0.05, 0.1) is 13.5 Å². The SMILES string of the molecule is CCCCC(=O)NCCc1oc2cc(OC)ccc2[n+]1[O-]. The van der Waals surface area contributed by atoms with Gasteiger partial charge in [0, 0.05) is 25.1 Å². The third kappa shape index (κ3) is 3.65. The minimum atomic E-state index is 0.00655. The van der Waals surface area contributed by atoms with Crippen molar-refractivity contribution in [3.8, 4) is 5.75 Å². The van der Waals surface area contributed by atoms with Gasteiger partial charge < -0.3 is 19.7 Å². The highest BCUT2D eigenvalue weighted by atomic mass is 16.5. The van der Waals surface area contributed by atoms with Crippen LogP contribution in [-0.4, -0.2) is 19.6 Å². The highest BCUT2D eigenvalue weighted by Crippen LogP contribution is 2.20. The van der Waals surface area contributed by atoms with E-state index in [4.69, 9.17) is 9.15 Å². The van der Waals surface area contributed by atoms with E-state index >= 15 is 0 Å². The maximum Gasteiger partial charge on any atom is 0.361 e. The van der Waals surface area contributed by atoms with Crippen LogP contribution in [0.1, 0.15) is 32.1 Å². The number of hydrogen-bond donors (Lipinski definition) is 1. The van der Waals surface area contributed by atoms with Crippen molar-refractivity contribution in [2.24, 2.45) is 0 Å². The number of methoxy groups -OCH3 is 1. The average Bonchev–Trinajstić information content (AvgIpc) is 2.81. The van der Waals surface area contributed by atoms with Crippen LogP contribution in [0.2, 0.25) is 0 Å². The van der Waals surface area contributed by atoms with E-state index in [0.29, 0.717) is 36.2 Å². The number of fused-ring (bicyclic) bond motifs is 1. The highest BCUT2D eigenvalue weighted by molar-refractivity contribution is 5.75. The first-order chi connectivity index (χ1) is 10.2. The number of nitrogens with zero attached hydrogens (tertiary/aromatic N) is 1. The van der Waals surface area contributed by atoms with Crippen LogP contribution in [-0.2, 0) is 11.2 Å². The smallest absolute Gasteiger partial charge is 0.361 e. The van der Waals surface area contributed by atoms with Gasteiger partial charge in [-0.15, -0.1) is 4.73 Å². The van der Waals surface area contributed by atoms with Crippen molar-refractivity contribution in [1.82, 2.24) is 5.32 Å². The Morgan fingerprint density at radius 1 is 1.48 bits per heavy atom. The van der Waals surface area contributed by atoms with Crippen molar-refractivity contribution in [3.63, 3.8) is 0 Å². The molecule has 0 aliphatic rings. The van der Waals surface area contributed by atoms with Crippen LogP contribution in [0.15, 0.2) is 22.6 Å². The monoisotopic (exact) mass is 292 g/mol. The number of rotatable bonds is 7. The first-order valence-corrected chi connectivity index (χ1v) is 7.11. The summed E-state index contributed by atoms with van der Waals surface area (Å²) in [6.07, 6.45) is 2.74. The molecule has 0 bridgehead atoms. The Kier molecular flexibility index (Phi) is 5.03. The molecule has 6 nitrogen and oxygen atoms in total. The molecule has 21 heavy (non-hydrogen) atoms. The molecule has 0 spiro atoms. The third-order valence-electron chi connectivity index (χ3n) is 3.26. The van der Waals surface area contributed by atoms with Gasteiger partial charge >= 0.3 is 5.89 Å². The van der Waals surface area contributed by atoms with Crippen LogP contribution in [0.25, 0.3) is 11.1 Å². The summed E-state index contributed by atoms with van der Waals surface area (Å²) in [5.74, 6) is 0.928. The molecule has 1 aromatic carbocycles. The zero-order chi connectivity index (χ0) is 15.2. The fraction of sp³-hybridized carbons (Fsp3) is 0.467. The molecule has 0 radical (unpaired) electrons. The summed E-state index contributed by atoms with van der Waals surface area (Å²) in [5.41, 5.74) is 0.944. The number of carbonyl (C=O) groups excluding carboxylic acids is 1. The molecule has 0 aliphatic carbocycles. The van der Waals surface area contributed by atoms with Crippen molar-refractivity contribution in [2.75, 3.05) is 13.7 Å². The zero-order valence-corrected chi connectivity index (χ0v) is 12.3. The number of amides is 1. The number of carbonyl (C=O) groups is 1. The number of aromatic nitrogens is 1. The van der Waals surface area contributed by atoms with Gasteiger partial charge in [-0.3, -0.25) is 4.79 Å². The maximum absolute atomic E-state index is 12.0. The standard InChI is InChI=1S/C15H20N2O4/c1-3-4-5-14(18)16-9-8-15-17(19)12-7-6-11(20-2)10-13(12)21-15/h6-7,10H,3-5,8-9H2,1-2H3,(H,16,18). The molecule has 1 amide bonds. The summed E-state index contributed by atoms with van der Waals surface area (Å²) in [4.78, 5) is 11.5. The molecule has 0 saturated carbocycles. The summed E-state index contributed by atoms with van der Waals surface area (Å²) in [6.45, 7) is 2.43. The van der Waals surface area contributed by atoms with Crippen molar-refractivity contribution < 1.29 is 18.7 Å². The molecule has 6 heteroatoms. The van der Waals surface area contributed by atoms with Gasteiger partial charge in [0.15, 0.2) is 0 Å². The van der Waals surface area contributed by atoms with E-state index in [1.165, 1.54) is 0 Å². The second-order valence-corrected chi connectivity index (χ2v) is 4.83. The Morgan fingerprint density at radius 2 is 2.29 bits per heavy atom. The molecule has 0 unspecified atom stereocenters. The molecule has 2 aromatic rings. The van der Waals surface area contributed by atoms with Crippen LogP contribution < -0.4 is 14.8 Å². The van der Waals surface area contributed by atoms with Gasteiger partial charge in [-0.2, -0.15) is 0 Å². The van der Waals surface area contributed by atoms with Gasteiger partial charge in [0.1, 0.15) is 5.75 Å². The summed E-state index contributed by atoms with van der Waals surface area (Å²) in [7, 11) is 1.56. The number of nitrogens with one attached hydrogen (secondary N) is 1. The zero-order valence-electron chi connectivity index (χ0n) is 12.3. The number of unbranched alkanes of at least 4 members (excludes halogenated alkanes) is 1. The molecule has 0 atom stereocenters. The van der Waals surface area contributed by atoms with Crippen LogP contribution in [0.3, 0.4) is 0 Å². The lowest BCUT2D eigenvalue weighted by Gasteiger charge is -2.02. The fourth-order valence-corrected chi connectivity index (χ4v) is 2.06. The first-order valence-electron chi connectivity index (χ1n) is 7.11. The van der Waals surface area contributed by atoms with Crippen LogP contribution in [0.5, 0.6) is 5.75 Å². The topological polar surface area (TPSA) is 78.4 Å². The second-order valence-electron chi connectivity index (χ2n) is 4.83. The third-order valence-corrected chi connectivity index (χ3v) is 3.26. The van der Waals surface area contributed by atoms with Crippen molar-refractivity contribution in [2.45, 2.75) is 32.6 Å². The number of oxazole rings is 1. The maximum atomic E-state index is 12.0. The van der Waals surface area contributed by atoms with Gasteiger partial charge in [0.2, 0.25) is 11.5 Å². The van der Waals surface area contributed by atoms with Gasteiger partial charge in [-0.1, -0.05) is 13.3 Å². The molecule has 0 saturated heterocycles. The Labute approximate surface area is 123 Å². The Hall–Kier alpha value is -2.24. The normalized spacial score (nSPS) is 10.8. The fourth-order valence-electron chi connectivity index (χ4n) is 2.06. The molecule has 1 N–H and O–H groups in total. The van der Waals surface area contributed by atoms with E-state index in [0.717, 1.165) is 17.6 Å². The largest absolute Gasteiger partial charge is 0.616 e. The van der Waals surface area contributed by atoms with E-state index in [9.17, 15) is 10.0 Å².